The van der Waals surface area contributed by atoms with E-state index < -0.39 is 5.56 Å². The minimum Gasteiger partial charge on any atom is -0.380 e. The van der Waals surface area contributed by atoms with Crippen LogP contribution < -0.4 is 10.9 Å². The van der Waals surface area contributed by atoms with Gasteiger partial charge in [0.25, 0.3) is 5.56 Å². The van der Waals surface area contributed by atoms with Gasteiger partial charge in [0.2, 0.25) is 0 Å². The molecule has 2 N–H and O–H groups in total. The molecule has 0 spiro atoms. The summed E-state index contributed by atoms with van der Waals surface area (Å²) in [6.07, 6.45) is 4.09. The molecule has 0 amide bonds. The molecule has 1 rings (SSSR count). The fraction of sp³-hybridized carbons (Fsp3) is 0.400. The molecule has 16 heavy (non-hydrogen) atoms. The first-order valence-corrected chi connectivity index (χ1v) is 5.29. The highest BCUT2D eigenvalue weighted by atomic mass is 35.5. The number of H-pyrrole nitrogens is 1. The lowest BCUT2D eigenvalue weighted by molar-refractivity contribution is 0.149. The molecule has 6 heteroatoms. The zero-order valence-corrected chi connectivity index (χ0v) is 9.59. The van der Waals surface area contributed by atoms with Gasteiger partial charge >= 0.3 is 0 Å². The third-order valence-corrected chi connectivity index (χ3v) is 2.20. The van der Waals surface area contributed by atoms with E-state index in [0.29, 0.717) is 25.4 Å². The van der Waals surface area contributed by atoms with Crippen LogP contribution in [-0.2, 0) is 4.74 Å². The maximum absolute atomic E-state index is 11.1. The largest absolute Gasteiger partial charge is 0.380 e. The fourth-order valence-corrected chi connectivity index (χ4v) is 1.19. The van der Waals surface area contributed by atoms with Crippen LogP contribution in [0.1, 0.15) is 6.42 Å². The predicted octanol–water partition coefficient (Wildman–Crippen LogP) is 1.43. The van der Waals surface area contributed by atoms with Crippen LogP contribution in [-0.4, -0.2) is 30.0 Å². The van der Waals surface area contributed by atoms with Crippen molar-refractivity contribution in [2.45, 2.75) is 6.42 Å². The Labute approximate surface area is 98.5 Å². The van der Waals surface area contributed by atoms with Gasteiger partial charge in [0.05, 0.1) is 25.1 Å². The third kappa shape index (κ3) is 4.04. The normalized spacial score (nSPS) is 10.1. The molecule has 1 heterocycles. The van der Waals surface area contributed by atoms with E-state index in [1.165, 1.54) is 6.20 Å². The van der Waals surface area contributed by atoms with Gasteiger partial charge in [-0.15, -0.1) is 6.58 Å². The van der Waals surface area contributed by atoms with E-state index in [1.807, 2.05) is 0 Å². The van der Waals surface area contributed by atoms with Crippen molar-refractivity contribution < 1.29 is 4.74 Å². The highest BCUT2D eigenvalue weighted by Crippen LogP contribution is 2.13. The second-order valence-corrected chi connectivity index (χ2v) is 3.42. The molecule has 0 aliphatic heterocycles. The number of halogens is 1. The predicted molar refractivity (Wildman–Crippen MR) is 64.0 cm³/mol. The van der Waals surface area contributed by atoms with Crippen molar-refractivity contribution in [1.82, 2.24) is 10.2 Å². The summed E-state index contributed by atoms with van der Waals surface area (Å²) >= 11 is 5.76. The average Bonchev–Trinajstić information content (AvgIpc) is 2.29. The summed E-state index contributed by atoms with van der Waals surface area (Å²) in [5.41, 5.74) is 0.108. The minimum absolute atomic E-state index is 0.112. The molecule has 0 unspecified atom stereocenters. The summed E-state index contributed by atoms with van der Waals surface area (Å²) in [5, 5.41) is 8.95. The van der Waals surface area contributed by atoms with Gasteiger partial charge in [-0.3, -0.25) is 4.79 Å². The van der Waals surface area contributed by atoms with Gasteiger partial charge in [-0.2, -0.15) is 5.10 Å². The van der Waals surface area contributed by atoms with Crippen molar-refractivity contribution in [2.75, 3.05) is 25.1 Å². The Morgan fingerprint density at radius 2 is 2.44 bits per heavy atom. The zero-order chi connectivity index (χ0) is 11.8. The van der Waals surface area contributed by atoms with Crippen LogP contribution in [0.2, 0.25) is 5.02 Å². The van der Waals surface area contributed by atoms with Crippen LogP contribution in [0.5, 0.6) is 0 Å². The second-order valence-electron chi connectivity index (χ2n) is 3.04. The van der Waals surface area contributed by atoms with E-state index in [2.05, 4.69) is 22.1 Å². The molecule has 1 aromatic heterocycles. The van der Waals surface area contributed by atoms with Crippen LogP contribution in [0.25, 0.3) is 0 Å². The first kappa shape index (κ1) is 12.7. The van der Waals surface area contributed by atoms with Crippen molar-refractivity contribution >= 4 is 17.3 Å². The van der Waals surface area contributed by atoms with Gasteiger partial charge in [-0.1, -0.05) is 17.7 Å². The lowest BCUT2D eigenvalue weighted by Crippen LogP contribution is -2.15. The average molecular weight is 244 g/mol. The number of anilines is 1. The van der Waals surface area contributed by atoms with E-state index in [-0.39, 0.29) is 5.02 Å². The van der Waals surface area contributed by atoms with Gasteiger partial charge in [0.1, 0.15) is 5.02 Å². The zero-order valence-electron chi connectivity index (χ0n) is 8.83. The number of nitrogens with zero attached hydrogens (tertiary/aromatic N) is 1. The Morgan fingerprint density at radius 1 is 1.62 bits per heavy atom. The van der Waals surface area contributed by atoms with Gasteiger partial charge in [0, 0.05) is 6.54 Å². The van der Waals surface area contributed by atoms with Crippen molar-refractivity contribution in [3.8, 4) is 0 Å². The van der Waals surface area contributed by atoms with E-state index in [1.54, 1.807) is 6.08 Å². The number of aromatic amines is 1. The quantitative estimate of drug-likeness (QED) is 0.562. The van der Waals surface area contributed by atoms with Gasteiger partial charge in [-0.25, -0.2) is 5.10 Å². The fourth-order valence-electron chi connectivity index (χ4n) is 1.03. The number of rotatable bonds is 7. The van der Waals surface area contributed by atoms with Gasteiger partial charge < -0.3 is 10.1 Å². The summed E-state index contributed by atoms with van der Waals surface area (Å²) in [4.78, 5) is 11.1. The van der Waals surface area contributed by atoms with Crippen molar-refractivity contribution in [2.24, 2.45) is 0 Å². The molecule has 0 radical (unpaired) electrons. The molecule has 0 aliphatic carbocycles. The Bertz CT molecular complexity index is 392. The summed E-state index contributed by atoms with van der Waals surface area (Å²) in [6, 6.07) is 0. The molecular weight excluding hydrogens is 230 g/mol. The number of aromatic nitrogens is 2. The van der Waals surface area contributed by atoms with E-state index in [9.17, 15) is 4.79 Å². The van der Waals surface area contributed by atoms with Crippen molar-refractivity contribution in [3.05, 3.63) is 34.2 Å². The Balaban J connectivity index is 2.29. The molecule has 88 valence electrons. The summed E-state index contributed by atoms with van der Waals surface area (Å²) in [7, 11) is 0. The van der Waals surface area contributed by atoms with E-state index in [0.717, 1.165) is 6.42 Å². The number of ether oxygens (including phenoxy) is 1. The van der Waals surface area contributed by atoms with Gasteiger partial charge in [-0.05, 0) is 6.42 Å². The van der Waals surface area contributed by atoms with Crippen LogP contribution in [0.15, 0.2) is 23.6 Å². The van der Waals surface area contributed by atoms with E-state index in [4.69, 9.17) is 16.3 Å². The van der Waals surface area contributed by atoms with Crippen LogP contribution in [0, 0.1) is 0 Å². The Hall–Kier alpha value is -1.33. The standard InChI is InChI=1S/C10H14ClN3O2/c1-2-3-5-16-6-4-12-8-7-13-14-10(15)9(8)11/h2,7H,1,3-6H2,(H2,12,14,15). The third-order valence-electron chi connectivity index (χ3n) is 1.82. The number of hydrogen-bond acceptors (Lipinski definition) is 4. The molecule has 0 saturated carbocycles. The molecule has 0 aromatic carbocycles. The SMILES string of the molecule is C=CCCOCCNc1cn[nH]c(=O)c1Cl. The smallest absolute Gasteiger partial charge is 0.285 e. The molecular formula is C10H14ClN3O2. The molecule has 5 nitrogen and oxygen atoms in total. The molecule has 0 fully saturated rings. The summed E-state index contributed by atoms with van der Waals surface area (Å²) in [6.45, 7) is 5.34. The lowest BCUT2D eigenvalue weighted by Gasteiger charge is -2.06. The minimum atomic E-state index is -0.403. The maximum Gasteiger partial charge on any atom is 0.285 e. The van der Waals surface area contributed by atoms with Crippen LogP contribution >= 0.6 is 11.6 Å². The highest BCUT2D eigenvalue weighted by Gasteiger charge is 2.03. The Morgan fingerprint density at radius 3 is 3.19 bits per heavy atom. The highest BCUT2D eigenvalue weighted by molar-refractivity contribution is 6.32. The molecule has 0 saturated heterocycles. The summed E-state index contributed by atoms with van der Waals surface area (Å²) in [5.74, 6) is 0. The molecule has 0 bridgehead atoms. The lowest BCUT2D eigenvalue weighted by atomic mass is 10.4. The van der Waals surface area contributed by atoms with Crippen molar-refractivity contribution in [1.29, 1.82) is 0 Å². The van der Waals surface area contributed by atoms with Crippen LogP contribution in [0.3, 0.4) is 0 Å². The molecule has 0 atom stereocenters. The van der Waals surface area contributed by atoms with E-state index >= 15 is 0 Å². The summed E-state index contributed by atoms with van der Waals surface area (Å²) < 4.78 is 5.28. The topological polar surface area (TPSA) is 67.0 Å². The number of hydrogen-bond donors (Lipinski definition) is 2. The first-order valence-electron chi connectivity index (χ1n) is 4.91. The Kier molecular flexibility index (Phi) is 5.60. The number of nitrogens with one attached hydrogen (secondary N) is 2. The molecule has 0 aliphatic rings. The monoisotopic (exact) mass is 243 g/mol. The van der Waals surface area contributed by atoms with Crippen molar-refractivity contribution in [3.63, 3.8) is 0 Å². The van der Waals surface area contributed by atoms with Crippen LogP contribution in [0.4, 0.5) is 5.69 Å². The van der Waals surface area contributed by atoms with Gasteiger partial charge in [0.15, 0.2) is 0 Å². The molecule has 1 aromatic rings. The second kappa shape index (κ2) is 7.03. The first-order chi connectivity index (χ1) is 7.75. The maximum atomic E-state index is 11.1.